The van der Waals surface area contributed by atoms with Gasteiger partial charge in [-0.05, 0) is 37.3 Å². The Kier molecular flexibility index (Phi) is 4.74. The minimum absolute atomic E-state index is 0.0202. The van der Waals surface area contributed by atoms with E-state index in [4.69, 9.17) is 0 Å². The van der Waals surface area contributed by atoms with Crippen LogP contribution in [0.25, 0.3) is 0 Å². The Balaban J connectivity index is 1.39. The molecule has 2 saturated heterocycles. The molecule has 1 aliphatic carbocycles. The second kappa shape index (κ2) is 7.17. The number of hydrogen-bond acceptors (Lipinski definition) is 4. The summed E-state index contributed by atoms with van der Waals surface area (Å²) < 4.78 is 0. The third-order valence-electron chi connectivity index (χ3n) is 6.12. The Hall–Kier alpha value is -2.24. The normalized spacial score (nSPS) is 28.5. The maximum absolute atomic E-state index is 12.8. The summed E-state index contributed by atoms with van der Waals surface area (Å²) in [5.41, 5.74) is 1.05. The molecule has 1 aromatic heterocycles. The number of hydrogen-bond donors (Lipinski definition) is 0. The Morgan fingerprint density at radius 3 is 2.46 bits per heavy atom. The lowest BCUT2D eigenvalue weighted by Crippen LogP contribution is -2.37. The minimum atomic E-state index is -0.138. The van der Waals surface area contributed by atoms with E-state index in [1.165, 1.54) is 4.90 Å². The molecule has 1 saturated carbocycles. The Morgan fingerprint density at radius 1 is 1.08 bits per heavy atom. The lowest BCUT2D eigenvalue weighted by molar-refractivity contribution is -0.141. The molecule has 6 heteroatoms. The summed E-state index contributed by atoms with van der Waals surface area (Å²) in [5.74, 6) is -0.371. The van der Waals surface area contributed by atoms with Crippen molar-refractivity contribution in [3.63, 3.8) is 0 Å². The van der Waals surface area contributed by atoms with Crippen molar-refractivity contribution in [2.45, 2.75) is 51.0 Å². The second-order valence-corrected chi connectivity index (χ2v) is 7.61. The van der Waals surface area contributed by atoms with E-state index in [1.54, 1.807) is 6.20 Å². The standard InChI is InChI=1S/C20H25N3O3/c24-18(22-11-4-8-17(22)14-5-3-10-21-13-14)9-12-23-19(25)15-6-1-2-7-16(15)20(23)26/h3,5,10,13,15-17H,1-2,4,6-9,11-12H2/t15-,16-,17-/m1/s1. The lowest BCUT2D eigenvalue weighted by atomic mass is 9.81. The maximum atomic E-state index is 12.8. The lowest BCUT2D eigenvalue weighted by Gasteiger charge is -2.25. The smallest absolute Gasteiger partial charge is 0.233 e. The first-order valence-corrected chi connectivity index (χ1v) is 9.71. The molecule has 6 nitrogen and oxygen atoms in total. The monoisotopic (exact) mass is 355 g/mol. The molecule has 1 aromatic rings. The van der Waals surface area contributed by atoms with Crippen LogP contribution in [-0.2, 0) is 14.4 Å². The van der Waals surface area contributed by atoms with E-state index < -0.39 is 0 Å². The number of aromatic nitrogens is 1. The fraction of sp³-hybridized carbons (Fsp3) is 0.600. The van der Waals surface area contributed by atoms with Gasteiger partial charge in [-0.25, -0.2) is 0 Å². The van der Waals surface area contributed by atoms with E-state index in [1.807, 2.05) is 23.2 Å². The van der Waals surface area contributed by atoms with Gasteiger partial charge in [0.15, 0.2) is 0 Å². The molecule has 3 heterocycles. The zero-order valence-electron chi connectivity index (χ0n) is 15.0. The van der Waals surface area contributed by atoms with Gasteiger partial charge < -0.3 is 4.90 Å². The molecule has 0 unspecified atom stereocenters. The first-order valence-electron chi connectivity index (χ1n) is 9.71. The number of fused-ring (bicyclic) bond motifs is 1. The van der Waals surface area contributed by atoms with Crippen LogP contribution in [0, 0.1) is 11.8 Å². The van der Waals surface area contributed by atoms with Crippen molar-refractivity contribution in [1.29, 1.82) is 0 Å². The van der Waals surface area contributed by atoms with Gasteiger partial charge >= 0.3 is 0 Å². The molecular weight excluding hydrogens is 330 g/mol. The van der Waals surface area contributed by atoms with Crippen molar-refractivity contribution in [3.8, 4) is 0 Å². The van der Waals surface area contributed by atoms with Crippen LogP contribution in [-0.4, -0.2) is 45.6 Å². The molecular formula is C20H25N3O3. The fourth-order valence-corrected chi connectivity index (χ4v) is 4.79. The van der Waals surface area contributed by atoms with Crippen molar-refractivity contribution < 1.29 is 14.4 Å². The van der Waals surface area contributed by atoms with Crippen molar-refractivity contribution in [1.82, 2.24) is 14.8 Å². The molecule has 3 atom stereocenters. The summed E-state index contributed by atoms with van der Waals surface area (Å²) in [5, 5.41) is 0. The van der Waals surface area contributed by atoms with Gasteiger partial charge in [-0.1, -0.05) is 18.9 Å². The zero-order valence-corrected chi connectivity index (χ0v) is 15.0. The number of carbonyl (C=O) groups is 3. The average Bonchev–Trinajstić information content (AvgIpc) is 3.26. The Morgan fingerprint density at radius 2 is 1.81 bits per heavy atom. The number of carbonyl (C=O) groups excluding carboxylic acids is 3. The van der Waals surface area contributed by atoms with Crippen LogP contribution in [0.2, 0.25) is 0 Å². The first-order chi connectivity index (χ1) is 12.7. The largest absolute Gasteiger partial charge is 0.336 e. The van der Waals surface area contributed by atoms with Crippen molar-refractivity contribution in [2.24, 2.45) is 11.8 Å². The molecule has 4 rings (SSSR count). The van der Waals surface area contributed by atoms with Gasteiger partial charge in [0, 0.05) is 31.9 Å². The predicted octanol–water partition coefficient (Wildman–Crippen LogP) is 2.31. The number of rotatable bonds is 4. The van der Waals surface area contributed by atoms with Crippen LogP contribution in [0.3, 0.4) is 0 Å². The summed E-state index contributed by atoms with van der Waals surface area (Å²) >= 11 is 0. The van der Waals surface area contributed by atoms with E-state index in [-0.39, 0.29) is 48.6 Å². The van der Waals surface area contributed by atoms with Crippen molar-refractivity contribution in [3.05, 3.63) is 30.1 Å². The van der Waals surface area contributed by atoms with Gasteiger partial charge in [0.25, 0.3) is 0 Å². The van der Waals surface area contributed by atoms with Gasteiger partial charge in [-0.3, -0.25) is 24.3 Å². The van der Waals surface area contributed by atoms with Crippen LogP contribution in [0.4, 0.5) is 0 Å². The second-order valence-electron chi connectivity index (χ2n) is 7.61. The SMILES string of the molecule is O=C1[C@@H]2CCCC[C@H]2C(=O)N1CCC(=O)N1CCC[C@@H]1c1cccnc1. The molecule has 0 bridgehead atoms. The van der Waals surface area contributed by atoms with Crippen molar-refractivity contribution in [2.75, 3.05) is 13.1 Å². The third-order valence-corrected chi connectivity index (χ3v) is 6.12. The number of imide groups is 1. The number of nitrogens with zero attached hydrogens (tertiary/aromatic N) is 3. The van der Waals surface area contributed by atoms with Crippen molar-refractivity contribution >= 4 is 17.7 Å². The van der Waals surface area contributed by atoms with Gasteiger partial charge in [0.2, 0.25) is 17.7 Å². The summed E-state index contributed by atoms with van der Waals surface area (Å²) in [6.45, 7) is 0.950. The average molecular weight is 355 g/mol. The van der Waals surface area contributed by atoms with Gasteiger partial charge in [0.1, 0.15) is 0 Å². The van der Waals surface area contributed by atoms with Crippen LogP contribution >= 0.6 is 0 Å². The van der Waals surface area contributed by atoms with Gasteiger partial charge in [-0.15, -0.1) is 0 Å². The van der Waals surface area contributed by atoms with E-state index in [0.29, 0.717) is 0 Å². The van der Waals surface area contributed by atoms with Crippen LogP contribution in [0.1, 0.15) is 56.6 Å². The molecule has 3 aliphatic rings. The highest BCUT2D eigenvalue weighted by Gasteiger charge is 2.48. The maximum Gasteiger partial charge on any atom is 0.233 e. The molecule has 0 spiro atoms. The number of likely N-dealkylation sites (tertiary alicyclic amines) is 2. The van der Waals surface area contributed by atoms with Gasteiger partial charge in [0.05, 0.1) is 17.9 Å². The Bertz CT molecular complexity index is 682. The highest BCUT2D eigenvalue weighted by Crippen LogP contribution is 2.38. The molecule has 3 fully saturated rings. The highest BCUT2D eigenvalue weighted by molar-refractivity contribution is 6.05. The highest BCUT2D eigenvalue weighted by atomic mass is 16.2. The van der Waals surface area contributed by atoms with E-state index in [9.17, 15) is 14.4 Å². The van der Waals surface area contributed by atoms with Crippen LogP contribution in [0.5, 0.6) is 0 Å². The summed E-state index contributed by atoms with van der Waals surface area (Å²) in [6.07, 6.45) is 9.34. The third kappa shape index (κ3) is 3.02. The van der Waals surface area contributed by atoms with Crippen LogP contribution in [0.15, 0.2) is 24.5 Å². The molecule has 0 aromatic carbocycles. The molecule has 138 valence electrons. The van der Waals surface area contributed by atoms with Crippen LogP contribution < -0.4 is 0 Å². The summed E-state index contributed by atoms with van der Waals surface area (Å²) in [4.78, 5) is 45.2. The van der Waals surface area contributed by atoms with E-state index in [2.05, 4.69) is 4.98 Å². The summed E-state index contributed by atoms with van der Waals surface area (Å²) in [7, 11) is 0. The topological polar surface area (TPSA) is 70.6 Å². The fourth-order valence-electron chi connectivity index (χ4n) is 4.79. The van der Waals surface area contributed by atoms with E-state index in [0.717, 1.165) is 50.6 Å². The number of pyridine rings is 1. The molecule has 0 N–H and O–H groups in total. The number of amides is 3. The Labute approximate surface area is 153 Å². The predicted molar refractivity (Wildman–Crippen MR) is 94.7 cm³/mol. The van der Waals surface area contributed by atoms with E-state index >= 15 is 0 Å². The zero-order chi connectivity index (χ0) is 18.1. The minimum Gasteiger partial charge on any atom is -0.336 e. The van der Waals surface area contributed by atoms with Gasteiger partial charge in [-0.2, -0.15) is 0 Å². The molecule has 2 aliphatic heterocycles. The molecule has 3 amide bonds. The summed E-state index contributed by atoms with van der Waals surface area (Å²) in [6, 6.07) is 3.95. The molecule has 26 heavy (non-hydrogen) atoms. The first kappa shape index (κ1) is 17.2. The quantitative estimate of drug-likeness (QED) is 0.777. The molecule has 0 radical (unpaired) electrons.